The van der Waals surface area contributed by atoms with E-state index in [1.54, 1.807) is 0 Å². The van der Waals surface area contributed by atoms with Crippen LogP contribution in [-0.2, 0) is 0 Å². The van der Waals surface area contributed by atoms with Gasteiger partial charge in [-0.2, -0.15) is 0 Å². The van der Waals surface area contributed by atoms with Crippen LogP contribution in [0.15, 0.2) is 66.7 Å². The molecule has 0 amide bonds. The summed E-state index contributed by atoms with van der Waals surface area (Å²) < 4.78 is 0. The lowest BCUT2D eigenvalue weighted by Gasteiger charge is -2.24. The number of benzene rings is 3. The van der Waals surface area contributed by atoms with Gasteiger partial charge in [-0.15, -0.1) is 0 Å². The summed E-state index contributed by atoms with van der Waals surface area (Å²) >= 11 is 0. The Balaban J connectivity index is 2.27. The molecule has 0 aliphatic carbocycles. The van der Waals surface area contributed by atoms with E-state index >= 15 is 0 Å². The molecular weight excluding hydrogens is 276 g/mol. The summed E-state index contributed by atoms with van der Waals surface area (Å²) in [5.41, 5.74) is 9.66. The molecule has 0 saturated heterocycles. The molecule has 0 fully saturated rings. The summed E-state index contributed by atoms with van der Waals surface area (Å²) in [5, 5.41) is 0. The van der Waals surface area contributed by atoms with E-state index in [0.717, 1.165) is 0 Å². The van der Waals surface area contributed by atoms with E-state index in [1.165, 1.54) is 38.9 Å². The van der Waals surface area contributed by atoms with Crippen LogP contribution in [-0.4, -0.2) is 0 Å². The zero-order valence-electron chi connectivity index (χ0n) is 14.4. The lowest BCUT2D eigenvalue weighted by Crippen LogP contribution is -2.08. The van der Waals surface area contributed by atoms with Crippen molar-refractivity contribution < 1.29 is 0 Å². The minimum absolute atomic E-state index is 0.288. The highest BCUT2D eigenvalue weighted by molar-refractivity contribution is 5.51. The van der Waals surface area contributed by atoms with Gasteiger partial charge in [-0.25, -0.2) is 0 Å². The highest BCUT2D eigenvalue weighted by Gasteiger charge is 2.21. The maximum absolute atomic E-state index is 2.28. The molecule has 0 saturated carbocycles. The van der Waals surface area contributed by atoms with Crippen LogP contribution in [0.4, 0.5) is 0 Å². The van der Waals surface area contributed by atoms with Crippen LogP contribution in [0.2, 0.25) is 0 Å². The smallest absolute Gasteiger partial charge is 0.0345 e. The zero-order chi connectivity index (χ0) is 16.4. The number of hydrogen-bond acceptors (Lipinski definition) is 0. The van der Waals surface area contributed by atoms with Crippen molar-refractivity contribution in [3.05, 3.63) is 106 Å². The Kier molecular flexibility index (Phi) is 4.34. The Morgan fingerprint density at radius 2 is 1.00 bits per heavy atom. The van der Waals surface area contributed by atoms with Crippen LogP contribution in [0.3, 0.4) is 0 Å². The fourth-order valence-corrected chi connectivity index (χ4v) is 3.35. The normalized spacial score (nSPS) is 11.0. The van der Waals surface area contributed by atoms with Crippen LogP contribution in [0.5, 0.6) is 0 Å². The summed E-state index contributed by atoms with van der Waals surface area (Å²) in [6.45, 7) is 8.88. The molecule has 0 aromatic heterocycles. The zero-order valence-corrected chi connectivity index (χ0v) is 14.4. The third kappa shape index (κ3) is 2.94. The molecule has 0 aliphatic rings. The quantitative estimate of drug-likeness (QED) is 0.513. The molecule has 3 aromatic carbocycles. The van der Waals surface area contributed by atoms with Crippen molar-refractivity contribution in [2.75, 3.05) is 0 Å². The number of rotatable bonds is 3. The van der Waals surface area contributed by atoms with Gasteiger partial charge < -0.3 is 0 Å². The molecule has 116 valence electrons. The maximum Gasteiger partial charge on any atom is 0.0345 e. The first-order chi connectivity index (χ1) is 11.1. The predicted octanol–water partition coefficient (Wildman–Crippen LogP) is 6.10. The Labute approximate surface area is 139 Å². The van der Waals surface area contributed by atoms with Crippen LogP contribution >= 0.6 is 0 Å². The molecule has 0 radical (unpaired) electrons. The Morgan fingerprint density at radius 3 is 1.48 bits per heavy atom. The van der Waals surface area contributed by atoms with E-state index in [9.17, 15) is 0 Å². The van der Waals surface area contributed by atoms with Gasteiger partial charge in [-0.1, -0.05) is 66.7 Å². The van der Waals surface area contributed by atoms with Gasteiger partial charge in [0.15, 0.2) is 0 Å². The van der Waals surface area contributed by atoms with Crippen LogP contribution < -0.4 is 0 Å². The van der Waals surface area contributed by atoms with Crippen molar-refractivity contribution in [1.29, 1.82) is 0 Å². The molecule has 23 heavy (non-hydrogen) atoms. The lowest BCUT2D eigenvalue weighted by atomic mass is 9.80. The fraction of sp³-hybridized carbons (Fsp3) is 0.217. The van der Waals surface area contributed by atoms with Gasteiger partial charge in [0, 0.05) is 5.92 Å². The maximum atomic E-state index is 2.28. The number of hydrogen-bond donors (Lipinski definition) is 0. The summed E-state index contributed by atoms with van der Waals surface area (Å²) in [5.74, 6) is 0.288. The van der Waals surface area contributed by atoms with Crippen molar-refractivity contribution >= 4 is 0 Å². The van der Waals surface area contributed by atoms with Crippen LogP contribution in [0.25, 0.3) is 0 Å². The molecule has 3 aromatic rings. The molecule has 3 rings (SSSR count). The Hall–Kier alpha value is -2.34. The topological polar surface area (TPSA) is 0 Å². The van der Waals surface area contributed by atoms with Gasteiger partial charge in [-0.05, 0) is 66.6 Å². The molecule has 0 atom stereocenters. The average molecular weight is 300 g/mol. The molecule has 0 nitrogen and oxygen atoms in total. The first-order valence-corrected chi connectivity index (χ1v) is 8.26. The fourth-order valence-electron chi connectivity index (χ4n) is 3.35. The second kappa shape index (κ2) is 6.42. The molecule has 0 bridgehead atoms. The van der Waals surface area contributed by atoms with Crippen molar-refractivity contribution in [3.63, 3.8) is 0 Å². The van der Waals surface area contributed by atoms with Crippen molar-refractivity contribution in [2.24, 2.45) is 0 Å². The Bertz CT molecular complexity index is 761. The highest BCUT2D eigenvalue weighted by atomic mass is 14.2. The van der Waals surface area contributed by atoms with E-state index in [2.05, 4.69) is 94.4 Å². The summed E-state index contributed by atoms with van der Waals surface area (Å²) in [7, 11) is 0. The van der Waals surface area contributed by atoms with E-state index in [-0.39, 0.29) is 5.92 Å². The average Bonchev–Trinajstić information content (AvgIpc) is 2.56. The monoisotopic (exact) mass is 300 g/mol. The van der Waals surface area contributed by atoms with E-state index in [4.69, 9.17) is 0 Å². The van der Waals surface area contributed by atoms with Crippen molar-refractivity contribution in [2.45, 2.75) is 33.6 Å². The largest absolute Gasteiger partial charge is 0.0622 e. The third-order valence-corrected chi connectivity index (χ3v) is 5.05. The highest BCUT2D eigenvalue weighted by Crippen LogP contribution is 2.36. The lowest BCUT2D eigenvalue weighted by molar-refractivity contribution is 0.940. The minimum Gasteiger partial charge on any atom is -0.0622 e. The first-order valence-electron chi connectivity index (χ1n) is 8.26. The molecule has 0 N–H and O–H groups in total. The Morgan fingerprint density at radius 1 is 0.522 bits per heavy atom. The second-order valence-electron chi connectivity index (χ2n) is 6.42. The first kappa shape index (κ1) is 15.6. The van der Waals surface area contributed by atoms with Gasteiger partial charge >= 0.3 is 0 Å². The van der Waals surface area contributed by atoms with E-state index in [0.29, 0.717) is 0 Å². The van der Waals surface area contributed by atoms with Crippen molar-refractivity contribution in [1.82, 2.24) is 0 Å². The predicted molar refractivity (Wildman–Crippen MR) is 99.2 cm³/mol. The van der Waals surface area contributed by atoms with Crippen LogP contribution in [0, 0.1) is 27.7 Å². The SMILES string of the molecule is Cc1cccc(C(c2ccccc2)c2cccc(C)c2C)c1C. The van der Waals surface area contributed by atoms with E-state index in [1.807, 2.05) is 0 Å². The molecule has 0 heteroatoms. The van der Waals surface area contributed by atoms with Gasteiger partial charge in [0.05, 0.1) is 0 Å². The van der Waals surface area contributed by atoms with Gasteiger partial charge in [0.1, 0.15) is 0 Å². The molecular formula is C23H24. The van der Waals surface area contributed by atoms with Gasteiger partial charge in [0.2, 0.25) is 0 Å². The molecule has 0 heterocycles. The van der Waals surface area contributed by atoms with Crippen molar-refractivity contribution in [3.8, 4) is 0 Å². The standard InChI is InChI=1S/C23H24/c1-16-10-8-14-21(18(16)3)23(20-12-6-5-7-13-20)22-15-9-11-17(2)19(22)4/h5-15,23H,1-4H3. The molecule has 0 unspecified atom stereocenters. The van der Waals surface area contributed by atoms with Crippen LogP contribution in [0.1, 0.15) is 44.9 Å². The summed E-state index contributed by atoms with van der Waals surface area (Å²) in [4.78, 5) is 0. The second-order valence-corrected chi connectivity index (χ2v) is 6.42. The van der Waals surface area contributed by atoms with E-state index < -0.39 is 0 Å². The number of aryl methyl sites for hydroxylation is 2. The van der Waals surface area contributed by atoms with Gasteiger partial charge in [-0.3, -0.25) is 0 Å². The molecule has 0 aliphatic heterocycles. The minimum atomic E-state index is 0.288. The summed E-state index contributed by atoms with van der Waals surface area (Å²) in [6, 6.07) is 24.2. The summed E-state index contributed by atoms with van der Waals surface area (Å²) in [6.07, 6.45) is 0. The third-order valence-electron chi connectivity index (χ3n) is 5.05. The molecule has 0 spiro atoms. The van der Waals surface area contributed by atoms with Gasteiger partial charge in [0.25, 0.3) is 0 Å².